The summed E-state index contributed by atoms with van der Waals surface area (Å²) in [6, 6.07) is 13.3. The summed E-state index contributed by atoms with van der Waals surface area (Å²) in [6.45, 7) is 2.33. The van der Waals surface area contributed by atoms with Crippen LogP contribution in [-0.2, 0) is 6.42 Å². The molecule has 23 heavy (non-hydrogen) atoms. The lowest BCUT2D eigenvalue weighted by atomic mass is 10.1. The first kappa shape index (κ1) is 15.5. The van der Waals surface area contributed by atoms with Crippen molar-refractivity contribution >= 4 is 27.5 Å². The second-order valence-corrected chi connectivity index (χ2v) is 6.52. The smallest absolute Gasteiger partial charge is 0.255 e. The molecule has 0 aliphatic heterocycles. The predicted molar refractivity (Wildman–Crippen MR) is 93.1 cm³/mol. The number of aromatic hydroxyl groups is 1. The van der Waals surface area contributed by atoms with Crippen LogP contribution in [0.4, 0.5) is 0 Å². The molecule has 0 fully saturated rings. The van der Waals surface area contributed by atoms with E-state index in [9.17, 15) is 9.90 Å². The van der Waals surface area contributed by atoms with Gasteiger partial charge in [-0.25, -0.2) is 4.98 Å². The van der Waals surface area contributed by atoms with E-state index in [0.717, 1.165) is 23.4 Å². The first-order valence-electron chi connectivity index (χ1n) is 7.56. The van der Waals surface area contributed by atoms with E-state index >= 15 is 0 Å². The Bertz CT molecular complexity index is 809. The van der Waals surface area contributed by atoms with Crippen LogP contribution in [0.25, 0.3) is 10.2 Å². The molecule has 3 rings (SSSR count). The Morgan fingerprint density at radius 2 is 2.04 bits per heavy atom. The predicted octanol–water partition coefficient (Wildman–Crippen LogP) is 3.67. The maximum absolute atomic E-state index is 12.1. The van der Waals surface area contributed by atoms with Gasteiger partial charge in [0.1, 0.15) is 5.75 Å². The number of nitrogens with one attached hydrogen (secondary N) is 1. The molecule has 0 radical (unpaired) electrons. The van der Waals surface area contributed by atoms with Crippen molar-refractivity contribution in [2.75, 3.05) is 6.54 Å². The van der Waals surface area contributed by atoms with Crippen LogP contribution in [0.2, 0.25) is 0 Å². The van der Waals surface area contributed by atoms with Crippen LogP contribution in [0.3, 0.4) is 0 Å². The number of phenols is 1. The zero-order valence-electron chi connectivity index (χ0n) is 12.9. The monoisotopic (exact) mass is 326 g/mol. The standard InChI is InChI=1S/C18H18N2O2S/c1-12-6-4-7-13(17(12)21)18(22)19-11-5-10-16-20-14-8-2-3-9-15(14)23-16/h2-4,6-9,21H,5,10-11H2,1H3,(H,19,22). The van der Waals surface area contributed by atoms with Crippen molar-refractivity contribution in [2.24, 2.45) is 0 Å². The number of benzene rings is 2. The van der Waals surface area contributed by atoms with Gasteiger partial charge in [0.05, 0.1) is 20.8 Å². The minimum absolute atomic E-state index is 0.0520. The van der Waals surface area contributed by atoms with Crippen LogP contribution < -0.4 is 5.32 Å². The number of carbonyl (C=O) groups is 1. The summed E-state index contributed by atoms with van der Waals surface area (Å²) in [4.78, 5) is 16.7. The number of phenolic OH excluding ortho intramolecular Hbond substituents is 1. The largest absolute Gasteiger partial charge is 0.507 e. The Labute approximate surface area is 138 Å². The Kier molecular flexibility index (Phi) is 4.57. The van der Waals surface area contributed by atoms with Crippen molar-refractivity contribution in [3.63, 3.8) is 0 Å². The van der Waals surface area contributed by atoms with Gasteiger partial charge in [-0.2, -0.15) is 0 Å². The second kappa shape index (κ2) is 6.79. The zero-order valence-corrected chi connectivity index (χ0v) is 13.7. The number of carbonyl (C=O) groups excluding carboxylic acids is 1. The number of hydrogen-bond acceptors (Lipinski definition) is 4. The number of thiazole rings is 1. The van der Waals surface area contributed by atoms with Crippen molar-refractivity contribution in [3.05, 3.63) is 58.6 Å². The Morgan fingerprint density at radius 3 is 2.87 bits per heavy atom. The van der Waals surface area contributed by atoms with Crippen LogP contribution >= 0.6 is 11.3 Å². The molecule has 0 unspecified atom stereocenters. The van der Waals surface area contributed by atoms with E-state index in [2.05, 4.69) is 16.4 Å². The van der Waals surface area contributed by atoms with Gasteiger partial charge in [-0.3, -0.25) is 4.79 Å². The summed E-state index contributed by atoms with van der Waals surface area (Å²) in [5.41, 5.74) is 2.05. The van der Waals surface area contributed by atoms with E-state index < -0.39 is 0 Å². The lowest BCUT2D eigenvalue weighted by Crippen LogP contribution is -2.24. The maximum atomic E-state index is 12.1. The highest BCUT2D eigenvalue weighted by Crippen LogP contribution is 2.23. The van der Waals surface area contributed by atoms with Crippen molar-refractivity contribution < 1.29 is 9.90 Å². The lowest BCUT2D eigenvalue weighted by Gasteiger charge is -2.07. The van der Waals surface area contributed by atoms with Crippen molar-refractivity contribution in [1.82, 2.24) is 10.3 Å². The Hall–Kier alpha value is -2.40. The van der Waals surface area contributed by atoms with Gasteiger partial charge >= 0.3 is 0 Å². The third-order valence-electron chi connectivity index (χ3n) is 3.67. The molecule has 0 bridgehead atoms. The summed E-state index contributed by atoms with van der Waals surface area (Å²) in [5, 5.41) is 13.8. The van der Waals surface area contributed by atoms with Gasteiger partial charge < -0.3 is 10.4 Å². The van der Waals surface area contributed by atoms with Gasteiger partial charge in [0.25, 0.3) is 5.91 Å². The number of aromatic nitrogens is 1. The van der Waals surface area contributed by atoms with E-state index in [1.165, 1.54) is 4.70 Å². The van der Waals surface area contributed by atoms with Gasteiger partial charge in [0, 0.05) is 13.0 Å². The van der Waals surface area contributed by atoms with E-state index in [1.807, 2.05) is 18.2 Å². The quantitative estimate of drug-likeness (QED) is 0.703. The van der Waals surface area contributed by atoms with Crippen molar-refractivity contribution in [2.45, 2.75) is 19.8 Å². The highest BCUT2D eigenvalue weighted by Gasteiger charge is 2.11. The molecule has 3 aromatic rings. The van der Waals surface area contributed by atoms with Gasteiger partial charge in [-0.1, -0.05) is 24.3 Å². The van der Waals surface area contributed by atoms with Crippen molar-refractivity contribution in [3.8, 4) is 5.75 Å². The molecule has 0 atom stereocenters. The lowest BCUT2D eigenvalue weighted by molar-refractivity contribution is 0.0950. The fourth-order valence-corrected chi connectivity index (χ4v) is 3.41. The normalized spacial score (nSPS) is 10.8. The highest BCUT2D eigenvalue weighted by atomic mass is 32.1. The van der Waals surface area contributed by atoms with E-state index in [4.69, 9.17) is 0 Å². The molecular weight excluding hydrogens is 308 g/mol. The SMILES string of the molecule is Cc1cccc(C(=O)NCCCc2nc3ccccc3s2)c1O. The van der Waals surface area contributed by atoms with Gasteiger partial charge in [-0.05, 0) is 37.1 Å². The second-order valence-electron chi connectivity index (χ2n) is 5.41. The van der Waals surface area contributed by atoms with Crippen LogP contribution in [-0.4, -0.2) is 22.5 Å². The average Bonchev–Trinajstić information content (AvgIpc) is 2.96. The molecule has 2 aromatic carbocycles. The molecular formula is C18H18N2O2S. The Balaban J connectivity index is 1.53. The number of para-hydroxylation sites is 2. The minimum atomic E-state index is -0.240. The van der Waals surface area contributed by atoms with Crippen LogP contribution in [0.1, 0.15) is 27.3 Å². The molecule has 1 amide bonds. The zero-order chi connectivity index (χ0) is 16.2. The summed E-state index contributed by atoms with van der Waals surface area (Å²) < 4.78 is 1.19. The summed E-state index contributed by atoms with van der Waals surface area (Å²) in [7, 11) is 0. The first-order chi connectivity index (χ1) is 11.1. The topological polar surface area (TPSA) is 62.2 Å². The molecule has 0 spiro atoms. The van der Waals surface area contributed by atoms with Gasteiger partial charge in [-0.15, -0.1) is 11.3 Å². The maximum Gasteiger partial charge on any atom is 0.255 e. The summed E-state index contributed by atoms with van der Waals surface area (Å²) in [5.74, 6) is -0.188. The van der Waals surface area contributed by atoms with Crippen LogP contribution in [0.15, 0.2) is 42.5 Å². The third kappa shape index (κ3) is 3.51. The summed E-state index contributed by atoms with van der Waals surface area (Å²) in [6.07, 6.45) is 1.65. The van der Waals surface area contributed by atoms with Crippen molar-refractivity contribution in [1.29, 1.82) is 0 Å². The number of rotatable bonds is 5. The molecule has 0 aliphatic carbocycles. The number of amides is 1. The number of aryl methyl sites for hydroxylation is 2. The van der Waals surface area contributed by atoms with E-state index in [-0.39, 0.29) is 11.7 Å². The average molecular weight is 326 g/mol. The third-order valence-corrected chi connectivity index (χ3v) is 4.77. The molecule has 2 N–H and O–H groups in total. The molecule has 1 aromatic heterocycles. The Morgan fingerprint density at radius 1 is 1.22 bits per heavy atom. The molecule has 0 saturated heterocycles. The van der Waals surface area contributed by atoms with E-state index in [1.54, 1.807) is 36.5 Å². The fourth-order valence-electron chi connectivity index (χ4n) is 2.41. The van der Waals surface area contributed by atoms with E-state index in [0.29, 0.717) is 17.7 Å². The molecule has 0 aliphatic rings. The van der Waals surface area contributed by atoms with Gasteiger partial charge in [0.2, 0.25) is 0 Å². The minimum Gasteiger partial charge on any atom is -0.507 e. The first-order valence-corrected chi connectivity index (χ1v) is 8.38. The summed E-state index contributed by atoms with van der Waals surface area (Å²) >= 11 is 1.69. The molecule has 5 heteroatoms. The molecule has 0 saturated carbocycles. The van der Waals surface area contributed by atoms with Crippen LogP contribution in [0, 0.1) is 6.92 Å². The highest BCUT2D eigenvalue weighted by molar-refractivity contribution is 7.18. The van der Waals surface area contributed by atoms with Gasteiger partial charge in [0.15, 0.2) is 0 Å². The number of hydrogen-bond donors (Lipinski definition) is 2. The fraction of sp³-hybridized carbons (Fsp3) is 0.222. The van der Waals surface area contributed by atoms with Crippen LogP contribution in [0.5, 0.6) is 5.75 Å². The number of nitrogens with zero attached hydrogens (tertiary/aromatic N) is 1. The molecule has 4 nitrogen and oxygen atoms in total. The number of fused-ring (bicyclic) bond motifs is 1. The molecule has 1 heterocycles. The molecule has 118 valence electrons.